The van der Waals surface area contributed by atoms with Gasteiger partial charge in [-0.15, -0.1) is 0 Å². The molecule has 3 aromatic heterocycles. The number of aromatic nitrogens is 3. The fourth-order valence-corrected chi connectivity index (χ4v) is 4.24. The second kappa shape index (κ2) is 5.52. The Morgan fingerprint density at radius 2 is 2.12 bits per heavy atom. The van der Waals surface area contributed by atoms with Crippen molar-refractivity contribution < 1.29 is 0 Å². The van der Waals surface area contributed by atoms with Crippen LogP contribution in [-0.4, -0.2) is 38.6 Å². The molecule has 0 saturated carbocycles. The van der Waals surface area contributed by atoms with E-state index in [0.29, 0.717) is 5.65 Å². The third-order valence-electron chi connectivity index (χ3n) is 4.82. The maximum atomic E-state index is 12.3. The first-order valence-electron chi connectivity index (χ1n) is 8.22. The van der Waals surface area contributed by atoms with Crippen LogP contribution in [0, 0.1) is 0 Å². The molecule has 0 unspecified atom stereocenters. The Hall–Kier alpha value is -2.48. The number of thiophene rings is 1. The van der Waals surface area contributed by atoms with E-state index in [4.69, 9.17) is 5.73 Å². The van der Waals surface area contributed by atoms with E-state index in [0.717, 1.165) is 41.7 Å². The minimum Gasteiger partial charge on any atom is -0.325 e. The Morgan fingerprint density at radius 3 is 2.88 bits per heavy atom. The molecule has 4 aromatic rings. The number of hydrogen-bond donors (Lipinski definition) is 2. The predicted molar refractivity (Wildman–Crippen MR) is 99.9 cm³/mol. The number of fused-ring (bicyclic) bond motifs is 3. The highest BCUT2D eigenvalue weighted by molar-refractivity contribution is 7.08. The Morgan fingerprint density at radius 1 is 1.24 bits per heavy atom. The molecule has 3 N–H and O–H groups in total. The number of pyridine rings is 1. The summed E-state index contributed by atoms with van der Waals surface area (Å²) in [7, 11) is 0. The molecule has 0 amide bonds. The summed E-state index contributed by atoms with van der Waals surface area (Å²) in [6.07, 6.45) is 0. The number of H-pyrrole nitrogens is 1. The molecule has 6 nitrogen and oxygen atoms in total. The summed E-state index contributed by atoms with van der Waals surface area (Å²) in [5, 5.41) is 12.0. The van der Waals surface area contributed by atoms with Gasteiger partial charge in [-0.3, -0.25) is 4.90 Å². The first kappa shape index (κ1) is 14.8. The lowest BCUT2D eigenvalue weighted by Crippen LogP contribution is -2.54. The molecule has 1 saturated heterocycles. The van der Waals surface area contributed by atoms with E-state index in [1.54, 1.807) is 15.7 Å². The van der Waals surface area contributed by atoms with E-state index in [1.807, 2.05) is 6.07 Å². The molecule has 1 aromatic carbocycles. The van der Waals surface area contributed by atoms with Gasteiger partial charge in [-0.1, -0.05) is 12.1 Å². The number of rotatable bonds is 3. The lowest BCUT2D eigenvalue weighted by Gasteiger charge is -2.37. The molecular weight excluding hydrogens is 334 g/mol. The highest BCUT2D eigenvalue weighted by atomic mass is 32.1. The molecule has 5 rings (SSSR count). The quantitative estimate of drug-likeness (QED) is 0.592. The van der Waals surface area contributed by atoms with E-state index < -0.39 is 0 Å². The molecule has 1 aliphatic heterocycles. The van der Waals surface area contributed by atoms with Crippen molar-refractivity contribution in [3.63, 3.8) is 0 Å². The zero-order chi connectivity index (χ0) is 17.0. The number of nitrogens with zero attached hydrogens (tertiary/aromatic N) is 3. The van der Waals surface area contributed by atoms with Gasteiger partial charge in [0.15, 0.2) is 5.65 Å². The lowest BCUT2D eigenvalue weighted by atomic mass is 10.0. The van der Waals surface area contributed by atoms with Gasteiger partial charge in [0.05, 0.1) is 5.52 Å². The van der Waals surface area contributed by atoms with E-state index in [2.05, 4.69) is 50.1 Å². The number of aromatic amines is 1. The van der Waals surface area contributed by atoms with Gasteiger partial charge in [-0.2, -0.15) is 16.4 Å². The van der Waals surface area contributed by atoms with Gasteiger partial charge >= 0.3 is 5.69 Å². The van der Waals surface area contributed by atoms with Crippen molar-refractivity contribution in [2.24, 2.45) is 5.73 Å². The van der Waals surface area contributed by atoms with Crippen molar-refractivity contribution in [1.82, 2.24) is 19.5 Å². The zero-order valence-corrected chi connectivity index (χ0v) is 14.3. The van der Waals surface area contributed by atoms with Crippen molar-refractivity contribution in [1.29, 1.82) is 0 Å². The molecular formula is C18H17N5OS. The molecule has 0 atom stereocenters. The van der Waals surface area contributed by atoms with Gasteiger partial charge in [-0.25, -0.2) is 14.3 Å². The summed E-state index contributed by atoms with van der Waals surface area (Å²) < 4.78 is 1.65. The lowest BCUT2D eigenvalue weighted by molar-refractivity contribution is 0.143. The number of benzene rings is 1. The van der Waals surface area contributed by atoms with Crippen LogP contribution >= 0.6 is 11.3 Å². The van der Waals surface area contributed by atoms with Gasteiger partial charge in [0.25, 0.3) is 0 Å². The van der Waals surface area contributed by atoms with Crippen LogP contribution in [0.4, 0.5) is 0 Å². The molecule has 25 heavy (non-hydrogen) atoms. The maximum absolute atomic E-state index is 12.3. The molecule has 0 radical (unpaired) electrons. The van der Waals surface area contributed by atoms with Crippen LogP contribution in [0.2, 0.25) is 0 Å². The fraction of sp³-hybridized carbons (Fsp3) is 0.222. The SMILES string of the molecule is NC1CN(Cc2cc3n[nH]c(=O)n3c3cc(-c4ccsc4)ccc23)C1. The summed E-state index contributed by atoms with van der Waals surface area (Å²) in [6.45, 7) is 2.64. The number of hydrogen-bond acceptors (Lipinski definition) is 5. The van der Waals surface area contributed by atoms with E-state index in [-0.39, 0.29) is 11.7 Å². The minimum atomic E-state index is -0.208. The van der Waals surface area contributed by atoms with Crippen LogP contribution < -0.4 is 11.4 Å². The Labute approximate surface area is 147 Å². The number of likely N-dealkylation sites (tertiary alicyclic amines) is 1. The summed E-state index contributed by atoms with van der Waals surface area (Å²) >= 11 is 1.67. The highest BCUT2D eigenvalue weighted by Crippen LogP contribution is 2.29. The summed E-state index contributed by atoms with van der Waals surface area (Å²) in [4.78, 5) is 14.6. The summed E-state index contributed by atoms with van der Waals surface area (Å²) in [6, 6.07) is 10.7. The number of nitrogens with two attached hydrogens (primary N) is 1. The molecule has 0 bridgehead atoms. The van der Waals surface area contributed by atoms with Crippen LogP contribution in [0.1, 0.15) is 5.56 Å². The number of nitrogens with one attached hydrogen (secondary N) is 1. The molecule has 0 aliphatic carbocycles. The Bertz CT molecular complexity index is 1120. The predicted octanol–water partition coefficient (Wildman–Crippen LogP) is 2.05. The summed E-state index contributed by atoms with van der Waals surface area (Å²) in [5.74, 6) is 0. The zero-order valence-electron chi connectivity index (χ0n) is 13.5. The first-order chi connectivity index (χ1) is 12.2. The summed E-state index contributed by atoms with van der Waals surface area (Å²) in [5.41, 5.74) is 10.7. The van der Waals surface area contributed by atoms with Gasteiger partial charge in [0, 0.05) is 31.1 Å². The minimum absolute atomic E-state index is 0.208. The van der Waals surface area contributed by atoms with Crippen LogP contribution in [0.25, 0.3) is 27.7 Å². The van der Waals surface area contributed by atoms with Crippen molar-refractivity contribution in [3.05, 3.63) is 57.1 Å². The molecule has 1 fully saturated rings. The molecule has 4 heterocycles. The van der Waals surface area contributed by atoms with Crippen molar-refractivity contribution in [2.45, 2.75) is 12.6 Å². The normalized spacial score (nSPS) is 15.9. The Kier molecular flexibility index (Phi) is 3.27. The average Bonchev–Trinajstić information content (AvgIpc) is 3.23. The van der Waals surface area contributed by atoms with E-state index >= 15 is 0 Å². The van der Waals surface area contributed by atoms with Gasteiger partial charge < -0.3 is 5.73 Å². The van der Waals surface area contributed by atoms with E-state index in [1.165, 1.54) is 5.56 Å². The fourth-order valence-electron chi connectivity index (χ4n) is 3.58. The molecule has 1 aliphatic rings. The third kappa shape index (κ3) is 2.39. The van der Waals surface area contributed by atoms with Crippen molar-refractivity contribution in [3.8, 4) is 11.1 Å². The highest BCUT2D eigenvalue weighted by Gasteiger charge is 2.24. The molecule has 0 spiro atoms. The van der Waals surface area contributed by atoms with Crippen LogP contribution in [-0.2, 0) is 6.54 Å². The molecule has 7 heteroatoms. The van der Waals surface area contributed by atoms with Gasteiger partial charge in [0.2, 0.25) is 0 Å². The van der Waals surface area contributed by atoms with E-state index in [9.17, 15) is 4.79 Å². The largest absolute Gasteiger partial charge is 0.348 e. The van der Waals surface area contributed by atoms with Gasteiger partial charge in [0.1, 0.15) is 0 Å². The van der Waals surface area contributed by atoms with Crippen molar-refractivity contribution >= 4 is 27.9 Å². The third-order valence-corrected chi connectivity index (χ3v) is 5.50. The first-order valence-corrected chi connectivity index (χ1v) is 9.16. The maximum Gasteiger partial charge on any atom is 0.348 e. The van der Waals surface area contributed by atoms with Crippen LogP contribution in [0.3, 0.4) is 0 Å². The van der Waals surface area contributed by atoms with Crippen molar-refractivity contribution in [2.75, 3.05) is 13.1 Å². The van der Waals surface area contributed by atoms with Crippen LogP contribution in [0.5, 0.6) is 0 Å². The second-order valence-electron chi connectivity index (χ2n) is 6.59. The topological polar surface area (TPSA) is 79.4 Å². The standard InChI is InChI=1S/C18H17N5OS/c19-14-8-22(9-14)7-13-6-17-20-21-18(24)23(17)16-5-11(1-2-15(13)16)12-3-4-25-10-12/h1-6,10,14H,7-9,19H2,(H,21,24). The Balaban J connectivity index is 1.73. The smallest absolute Gasteiger partial charge is 0.325 e. The second-order valence-corrected chi connectivity index (χ2v) is 7.37. The van der Waals surface area contributed by atoms with Crippen LogP contribution in [0.15, 0.2) is 45.9 Å². The molecule has 126 valence electrons. The van der Waals surface area contributed by atoms with Gasteiger partial charge in [-0.05, 0) is 45.6 Å². The monoisotopic (exact) mass is 351 g/mol. The average molecular weight is 351 g/mol.